The molecule has 0 saturated heterocycles. The van der Waals surface area contributed by atoms with Gasteiger partial charge in [-0.1, -0.05) is 0 Å². The number of aryl methyl sites for hydroxylation is 1. The molecule has 5 heteroatoms. The van der Waals surface area contributed by atoms with Crippen molar-refractivity contribution in [3.63, 3.8) is 0 Å². The Hall–Kier alpha value is -2.04. The first kappa shape index (κ1) is 11.4. The summed E-state index contributed by atoms with van der Waals surface area (Å²) in [6, 6.07) is 1.39. The van der Waals surface area contributed by atoms with E-state index in [-0.39, 0.29) is 5.82 Å². The van der Waals surface area contributed by atoms with Crippen LogP contribution in [0.3, 0.4) is 0 Å². The number of hydrogen-bond donors (Lipinski definition) is 0. The fraction of sp³-hybridized carbons (Fsp3) is 0.250. The van der Waals surface area contributed by atoms with Crippen LogP contribution < -0.4 is 4.90 Å². The number of hydrogen-bond acceptors (Lipinski definition) is 4. The van der Waals surface area contributed by atoms with E-state index in [1.54, 1.807) is 12.4 Å². The maximum absolute atomic E-state index is 13.0. The van der Waals surface area contributed by atoms with E-state index < -0.39 is 0 Å². The molecule has 0 saturated carbocycles. The van der Waals surface area contributed by atoms with Gasteiger partial charge in [0.05, 0.1) is 23.8 Å². The Morgan fingerprint density at radius 3 is 2.53 bits per heavy atom. The molecule has 0 spiro atoms. The van der Waals surface area contributed by atoms with Crippen LogP contribution in [0.5, 0.6) is 0 Å². The average molecular weight is 232 g/mol. The lowest BCUT2D eigenvalue weighted by molar-refractivity contribution is 0.622. The number of anilines is 1. The fourth-order valence-corrected chi connectivity index (χ4v) is 1.61. The van der Waals surface area contributed by atoms with Gasteiger partial charge in [-0.2, -0.15) is 0 Å². The minimum Gasteiger partial charge on any atom is -0.361 e. The second-order valence-electron chi connectivity index (χ2n) is 3.95. The van der Waals surface area contributed by atoms with E-state index in [4.69, 9.17) is 0 Å². The van der Waals surface area contributed by atoms with Gasteiger partial charge >= 0.3 is 0 Å². The average Bonchev–Trinajstić information content (AvgIpc) is 2.28. The van der Waals surface area contributed by atoms with Gasteiger partial charge in [0.1, 0.15) is 11.6 Å². The Balaban J connectivity index is 2.44. The topological polar surface area (TPSA) is 41.9 Å². The van der Waals surface area contributed by atoms with Crippen molar-refractivity contribution >= 4 is 5.82 Å². The monoisotopic (exact) mass is 232 g/mol. The van der Waals surface area contributed by atoms with E-state index in [1.807, 2.05) is 25.9 Å². The van der Waals surface area contributed by atoms with Gasteiger partial charge in [-0.25, -0.2) is 14.4 Å². The van der Waals surface area contributed by atoms with Crippen LogP contribution >= 0.6 is 0 Å². The minimum absolute atomic E-state index is 0.376. The SMILES string of the molecule is Cc1nc(-c2cncc(F)c2)cnc1N(C)C. The zero-order valence-electron chi connectivity index (χ0n) is 9.98. The zero-order valence-corrected chi connectivity index (χ0v) is 9.98. The van der Waals surface area contributed by atoms with E-state index in [0.29, 0.717) is 11.3 Å². The summed E-state index contributed by atoms with van der Waals surface area (Å²) in [4.78, 5) is 14.4. The molecular formula is C12H13FN4. The molecule has 0 aliphatic rings. The minimum atomic E-state index is -0.376. The third-order valence-corrected chi connectivity index (χ3v) is 2.35. The number of halogens is 1. The molecule has 0 aromatic carbocycles. The van der Waals surface area contributed by atoms with E-state index in [0.717, 1.165) is 17.7 Å². The molecule has 2 aromatic rings. The molecule has 0 amide bonds. The van der Waals surface area contributed by atoms with Crippen LogP contribution in [0.25, 0.3) is 11.3 Å². The second kappa shape index (κ2) is 4.45. The van der Waals surface area contributed by atoms with E-state index in [1.165, 1.54) is 6.07 Å². The molecule has 0 aliphatic heterocycles. The maximum atomic E-state index is 13.0. The fourth-order valence-electron chi connectivity index (χ4n) is 1.61. The number of aromatic nitrogens is 3. The third kappa shape index (κ3) is 2.38. The second-order valence-corrected chi connectivity index (χ2v) is 3.95. The summed E-state index contributed by atoms with van der Waals surface area (Å²) in [6.07, 6.45) is 4.36. The summed E-state index contributed by atoms with van der Waals surface area (Å²) in [5.41, 5.74) is 2.06. The molecule has 0 bridgehead atoms. The molecule has 0 unspecified atom stereocenters. The summed E-state index contributed by atoms with van der Waals surface area (Å²) in [7, 11) is 3.81. The molecule has 0 N–H and O–H groups in total. The van der Waals surface area contributed by atoms with Gasteiger partial charge in [-0.05, 0) is 13.0 Å². The van der Waals surface area contributed by atoms with Crippen LogP contribution in [0.4, 0.5) is 10.2 Å². The maximum Gasteiger partial charge on any atom is 0.149 e. The third-order valence-electron chi connectivity index (χ3n) is 2.35. The quantitative estimate of drug-likeness (QED) is 0.794. The van der Waals surface area contributed by atoms with Crippen molar-refractivity contribution in [1.29, 1.82) is 0 Å². The predicted octanol–water partition coefficient (Wildman–Crippen LogP) is 2.05. The molecule has 17 heavy (non-hydrogen) atoms. The molecular weight excluding hydrogens is 219 g/mol. The Morgan fingerprint density at radius 2 is 1.94 bits per heavy atom. The first-order valence-corrected chi connectivity index (χ1v) is 5.20. The van der Waals surface area contributed by atoms with Crippen molar-refractivity contribution in [3.05, 3.63) is 36.2 Å². The molecule has 88 valence electrons. The van der Waals surface area contributed by atoms with E-state index >= 15 is 0 Å². The summed E-state index contributed by atoms with van der Waals surface area (Å²) < 4.78 is 13.0. The van der Waals surface area contributed by atoms with Gasteiger partial charge in [0, 0.05) is 25.9 Å². The first-order chi connectivity index (χ1) is 8.08. The van der Waals surface area contributed by atoms with E-state index in [9.17, 15) is 4.39 Å². The highest BCUT2D eigenvalue weighted by Crippen LogP contribution is 2.19. The number of nitrogens with zero attached hydrogens (tertiary/aromatic N) is 4. The predicted molar refractivity (Wildman–Crippen MR) is 64.3 cm³/mol. The van der Waals surface area contributed by atoms with Gasteiger partial charge in [-0.15, -0.1) is 0 Å². The van der Waals surface area contributed by atoms with Crippen LogP contribution in [-0.2, 0) is 0 Å². The standard InChI is InChI=1S/C12H13FN4/c1-8-12(17(2)3)15-7-11(16-8)9-4-10(13)6-14-5-9/h4-7H,1-3H3. The van der Waals surface area contributed by atoms with Crippen LogP contribution in [0.1, 0.15) is 5.69 Å². The number of rotatable bonds is 2. The summed E-state index contributed by atoms with van der Waals surface area (Å²) in [5, 5.41) is 0. The largest absolute Gasteiger partial charge is 0.361 e. The highest BCUT2D eigenvalue weighted by Gasteiger charge is 2.07. The summed E-state index contributed by atoms with van der Waals surface area (Å²) in [5.74, 6) is 0.428. The molecule has 2 rings (SSSR count). The first-order valence-electron chi connectivity index (χ1n) is 5.20. The van der Waals surface area contributed by atoms with Crippen molar-refractivity contribution in [2.75, 3.05) is 19.0 Å². The molecule has 2 heterocycles. The zero-order chi connectivity index (χ0) is 12.4. The molecule has 0 atom stereocenters. The Kier molecular flexibility index (Phi) is 2.99. The number of pyridine rings is 1. The molecule has 0 aliphatic carbocycles. The van der Waals surface area contributed by atoms with Crippen LogP contribution in [0.2, 0.25) is 0 Å². The highest BCUT2D eigenvalue weighted by molar-refractivity contribution is 5.58. The van der Waals surface area contributed by atoms with Crippen molar-refractivity contribution in [3.8, 4) is 11.3 Å². The molecule has 0 radical (unpaired) electrons. The lowest BCUT2D eigenvalue weighted by Gasteiger charge is -2.13. The molecule has 0 fully saturated rings. The van der Waals surface area contributed by atoms with Gasteiger partial charge in [0.2, 0.25) is 0 Å². The summed E-state index contributed by atoms with van der Waals surface area (Å²) >= 11 is 0. The van der Waals surface area contributed by atoms with Crippen molar-refractivity contribution < 1.29 is 4.39 Å². The van der Waals surface area contributed by atoms with Gasteiger partial charge in [0.25, 0.3) is 0 Å². The Morgan fingerprint density at radius 1 is 1.18 bits per heavy atom. The lowest BCUT2D eigenvalue weighted by Crippen LogP contribution is -2.13. The van der Waals surface area contributed by atoms with Crippen LogP contribution in [0.15, 0.2) is 24.7 Å². The van der Waals surface area contributed by atoms with Crippen molar-refractivity contribution in [2.45, 2.75) is 6.92 Å². The van der Waals surface area contributed by atoms with Crippen LogP contribution in [0, 0.1) is 12.7 Å². The molecule has 4 nitrogen and oxygen atoms in total. The van der Waals surface area contributed by atoms with E-state index in [2.05, 4.69) is 15.0 Å². The lowest BCUT2D eigenvalue weighted by atomic mass is 10.2. The van der Waals surface area contributed by atoms with Gasteiger partial charge < -0.3 is 4.90 Å². The highest BCUT2D eigenvalue weighted by atomic mass is 19.1. The van der Waals surface area contributed by atoms with Gasteiger partial charge in [-0.3, -0.25) is 4.98 Å². The Labute approximate surface area is 99.2 Å². The molecule has 2 aromatic heterocycles. The van der Waals surface area contributed by atoms with Crippen molar-refractivity contribution in [2.24, 2.45) is 0 Å². The van der Waals surface area contributed by atoms with Crippen molar-refractivity contribution in [1.82, 2.24) is 15.0 Å². The normalized spacial score (nSPS) is 10.4. The van der Waals surface area contributed by atoms with Crippen LogP contribution in [-0.4, -0.2) is 29.0 Å². The smallest absolute Gasteiger partial charge is 0.149 e. The Bertz CT molecular complexity index is 540. The van der Waals surface area contributed by atoms with Gasteiger partial charge in [0.15, 0.2) is 0 Å². The summed E-state index contributed by atoms with van der Waals surface area (Å²) in [6.45, 7) is 1.87.